The van der Waals surface area contributed by atoms with Gasteiger partial charge < -0.3 is 10.4 Å². The van der Waals surface area contributed by atoms with Crippen LogP contribution in [0.2, 0.25) is 5.02 Å². The molecule has 0 saturated heterocycles. The van der Waals surface area contributed by atoms with E-state index in [0.717, 1.165) is 6.07 Å². The van der Waals surface area contributed by atoms with Crippen molar-refractivity contribution in [1.29, 1.82) is 0 Å². The zero-order valence-electron chi connectivity index (χ0n) is 11.3. The zero-order chi connectivity index (χ0) is 17.2. The Kier molecular flexibility index (Phi) is 4.60. The van der Waals surface area contributed by atoms with Gasteiger partial charge in [-0.2, -0.15) is 13.2 Å². The molecule has 120 valence electrons. The van der Waals surface area contributed by atoms with Crippen LogP contribution in [0.3, 0.4) is 0 Å². The number of carboxylic acids is 1. The molecule has 2 rings (SSSR count). The monoisotopic (exact) mass is 343 g/mol. The quantitative estimate of drug-likeness (QED) is 0.877. The number of nitrogens with one attached hydrogen (secondary N) is 1. The van der Waals surface area contributed by atoms with Gasteiger partial charge in [0.2, 0.25) is 0 Å². The third kappa shape index (κ3) is 4.01. The van der Waals surface area contributed by atoms with Gasteiger partial charge in [0.15, 0.2) is 0 Å². The molecular weight excluding hydrogens is 335 g/mol. The number of halogens is 4. The number of hydrogen-bond donors (Lipinski definition) is 2. The van der Waals surface area contributed by atoms with E-state index in [2.05, 4.69) is 0 Å². The summed E-state index contributed by atoms with van der Waals surface area (Å²) in [5.74, 6) is -3.70. The van der Waals surface area contributed by atoms with Crippen molar-refractivity contribution in [3.05, 3.63) is 53.1 Å². The van der Waals surface area contributed by atoms with Crippen LogP contribution < -0.4 is 5.32 Å². The Morgan fingerprint density at radius 3 is 2.09 bits per heavy atom. The Labute approximate surface area is 133 Å². The molecular formula is C15H9ClF3NO3. The molecule has 0 heterocycles. The highest BCUT2D eigenvalue weighted by molar-refractivity contribution is 6.30. The second-order valence-electron chi connectivity index (χ2n) is 4.52. The summed E-state index contributed by atoms with van der Waals surface area (Å²) in [7, 11) is 0. The van der Waals surface area contributed by atoms with Gasteiger partial charge in [-0.25, -0.2) is 4.79 Å². The minimum Gasteiger partial charge on any atom is -0.478 e. The van der Waals surface area contributed by atoms with Crippen molar-refractivity contribution in [3.8, 4) is 11.1 Å². The first-order chi connectivity index (χ1) is 10.7. The van der Waals surface area contributed by atoms with Crippen molar-refractivity contribution in [1.82, 2.24) is 0 Å². The number of hydrogen-bond acceptors (Lipinski definition) is 2. The molecule has 1 amide bonds. The van der Waals surface area contributed by atoms with Crippen LogP contribution in [-0.4, -0.2) is 23.2 Å². The Hall–Kier alpha value is -2.54. The predicted molar refractivity (Wildman–Crippen MR) is 78.5 cm³/mol. The maximum atomic E-state index is 12.3. The first-order valence-corrected chi connectivity index (χ1v) is 6.58. The summed E-state index contributed by atoms with van der Waals surface area (Å²) in [5, 5.41) is 11.2. The minimum absolute atomic E-state index is 0.433. The van der Waals surface area contributed by atoms with Crippen molar-refractivity contribution in [2.75, 3.05) is 5.32 Å². The molecule has 0 spiro atoms. The van der Waals surface area contributed by atoms with Gasteiger partial charge in [0, 0.05) is 5.02 Å². The SMILES string of the molecule is O=C(O)c1cc(-c2ccc(Cl)cc2)ccc1NC(=O)C(F)(F)F. The first-order valence-electron chi connectivity index (χ1n) is 6.20. The van der Waals surface area contributed by atoms with Crippen LogP contribution in [-0.2, 0) is 4.79 Å². The topological polar surface area (TPSA) is 66.4 Å². The minimum atomic E-state index is -5.11. The van der Waals surface area contributed by atoms with Crippen molar-refractivity contribution in [2.24, 2.45) is 0 Å². The van der Waals surface area contributed by atoms with E-state index in [1.54, 1.807) is 29.6 Å². The number of carbonyl (C=O) groups excluding carboxylic acids is 1. The van der Waals surface area contributed by atoms with E-state index in [4.69, 9.17) is 16.7 Å². The summed E-state index contributed by atoms with van der Waals surface area (Å²) >= 11 is 5.76. The predicted octanol–water partition coefficient (Wildman–Crippen LogP) is 4.21. The van der Waals surface area contributed by atoms with Gasteiger partial charge in [-0.1, -0.05) is 29.8 Å². The molecule has 0 fully saturated rings. The van der Waals surface area contributed by atoms with Gasteiger partial charge in [-0.05, 0) is 35.4 Å². The highest BCUT2D eigenvalue weighted by Crippen LogP contribution is 2.28. The number of anilines is 1. The van der Waals surface area contributed by atoms with Crippen LogP contribution in [0, 0.1) is 0 Å². The molecule has 0 radical (unpaired) electrons. The summed E-state index contributed by atoms with van der Waals surface area (Å²) in [5.41, 5.74) is 0.210. The lowest BCUT2D eigenvalue weighted by Gasteiger charge is -2.12. The van der Waals surface area contributed by atoms with E-state index >= 15 is 0 Å². The smallest absolute Gasteiger partial charge is 0.471 e. The number of aromatic carboxylic acids is 1. The van der Waals surface area contributed by atoms with Crippen molar-refractivity contribution in [3.63, 3.8) is 0 Å². The van der Waals surface area contributed by atoms with Gasteiger partial charge >= 0.3 is 18.1 Å². The lowest BCUT2D eigenvalue weighted by atomic mass is 10.0. The maximum absolute atomic E-state index is 12.3. The standard InChI is InChI=1S/C15H9ClF3NO3/c16-10-4-1-8(2-5-10)9-3-6-12(11(7-9)13(21)22)20-14(23)15(17,18)19/h1-7H,(H,20,23)(H,21,22). The Morgan fingerprint density at radius 1 is 1.00 bits per heavy atom. The summed E-state index contributed by atoms with van der Waals surface area (Å²) in [4.78, 5) is 22.2. The molecule has 2 N–H and O–H groups in total. The summed E-state index contributed by atoms with van der Waals surface area (Å²) < 4.78 is 36.8. The van der Waals surface area contributed by atoms with E-state index in [1.807, 2.05) is 0 Å². The molecule has 0 atom stereocenters. The molecule has 0 aliphatic rings. The van der Waals surface area contributed by atoms with E-state index in [-0.39, 0.29) is 0 Å². The van der Waals surface area contributed by atoms with Gasteiger partial charge in [-0.3, -0.25) is 4.79 Å². The van der Waals surface area contributed by atoms with Crippen LogP contribution in [0.5, 0.6) is 0 Å². The largest absolute Gasteiger partial charge is 0.478 e. The second-order valence-corrected chi connectivity index (χ2v) is 4.96. The lowest BCUT2D eigenvalue weighted by molar-refractivity contribution is -0.167. The summed E-state index contributed by atoms with van der Waals surface area (Å²) in [6.45, 7) is 0. The highest BCUT2D eigenvalue weighted by Gasteiger charge is 2.39. The molecule has 2 aromatic rings. The van der Waals surface area contributed by atoms with E-state index in [0.29, 0.717) is 16.1 Å². The van der Waals surface area contributed by atoms with Gasteiger partial charge in [0.05, 0.1) is 11.3 Å². The van der Waals surface area contributed by atoms with Crippen LogP contribution in [0.1, 0.15) is 10.4 Å². The van der Waals surface area contributed by atoms with Crippen LogP contribution in [0.25, 0.3) is 11.1 Å². The van der Waals surface area contributed by atoms with Crippen LogP contribution in [0.15, 0.2) is 42.5 Å². The Morgan fingerprint density at radius 2 is 1.57 bits per heavy atom. The fraction of sp³-hybridized carbons (Fsp3) is 0.0667. The van der Waals surface area contributed by atoms with Gasteiger partial charge in [0.25, 0.3) is 0 Å². The zero-order valence-corrected chi connectivity index (χ0v) is 12.1. The van der Waals surface area contributed by atoms with Crippen molar-refractivity contribution < 1.29 is 27.9 Å². The second kappa shape index (κ2) is 6.29. The van der Waals surface area contributed by atoms with Crippen molar-refractivity contribution >= 4 is 29.2 Å². The van der Waals surface area contributed by atoms with Gasteiger partial charge in [-0.15, -0.1) is 0 Å². The normalized spacial score (nSPS) is 11.1. The molecule has 8 heteroatoms. The lowest BCUT2D eigenvalue weighted by Crippen LogP contribution is -2.30. The maximum Gasteiger partial charge on any atom is 0.471 e. The van der Waals surface area contributed by atoms with Gasteiger partial charge in [0.1, 0.15) is 0 Å². The number of benzene rings is 2. The molecule has 2 aromatic carbocycles. The third-order valence-corrected chi connectivity index (χ3v) is 3.19. The molecule has 23 heavy (non-hydrogen) atoms. The number of alkyl halides is 3. The fourth-order valence-electron chi connectivity index (χ4n) is 1.85. The van der Waals surface area contributed by atoms with Crippen LogP contribution in [0.4, 0.5) is 18.9 Å². The number of amides is 1. The summed E-state index contributed by atoms with van der Waals surface area (Å²) in [6.07, 6.45) is -5.11. The number of rotatable bonds is 3. The van der Waals surface area contributed by atoms with Crippen molar-refractivity contribution in [2.45, 2.75) is 6.18 Å². The average molecular weight is 344 g/mol. The molecule has 4 nitrogen and oxygen atoms in total. The molecule has 0 aromatic heterocycles. The third-order valence-electron chi connectivity index (χ3n) is 2.93. The molecule has 0 saturated carbocycles. The van der Waals surface area contributed by atoms with E-state index < -0.39 is 29.3 Å². The fourth-order valence-corrected chi connectivity index (χ4v) is 1.97. The number of carbonyl (C=O) groups is 2. The Bertz CT molecular complexity index is 758. The summed E-state index contributed by atoms with van der Waals surface area (Å²) in [6, 6.07) is 10.2. The van der Waals surface area contributed by atoms with Crippen LogP contribution >= 0.6 is 11.6 Å². The number of carboxylic acid groups (broad SMARTS) is 1. The Balaban J connectivity index is 2.41. The molecule has 0 aliphatic heterocycles. The average Bonchev–Trinajstić information content (AvgIpc) is 2.47. The molecule has 0 unspecified atom stereocenters. The van der Waals surface area contributed by atoms with E-state index in [9.17, 15) is 22.8 Å². The molecule has 0 aliphatic carbocycles. The first kappa shape index (κ1) is 16.8. The highest BCUT2D eigenvalue weighted by atomic mass is 35.5. The van der Waals surface area contributed by atoms with E-state index in [1.165, 1.54) is 12.1 Å². The molecule has 0 bridgehead atoms.